The Hall–Kier alpha value is -2.36. The SMILES string of the molecule is Cc1cc(F)ccc1NC(=O)Cc1ccccc1N. The molecule has 0 saturated heterocycles. The van der Waals surface area contributed by atoms with Crippen molar-refractivity contribution in [3.05, 3.63) is 59.4 Å². The van der Waals surface area contributed by atoms with Gasteiger partial charge in [-0.3, -0.25) is 4.79 Å². The maximum absolute atomic E-state index is 13.0. The first-order valence-corrected chi connectivity index (χ1v) is 5.95. The molecule has 0 unspecified atom stereocenters. The normalized spacial score (nSPS) is 10.2. The number of carbonyl (C=O) groups excluding carboxylic acids is 1. The van der Waals surface area contributed by atoms with E-state index in [2.05, 4.69) is 5.32 Å². The summed E-state index contributed by atoms with van der Waals surface area (Å²) >= 11 is 0. The molecule has 2 rings (SSSR count). The third kappa shape index (κ3) is 3.31. The van der Waals surface area contributed by atoms with Crippen molar-refractivity contribution in [2.75, 3.05) is 11.1 Å². The molecule has 2 aromatic carbocycles. The highest BCUT2D eigenvalue weighted by atomic mass is 19.1. The number of hydrogen-bond donors (Lipinski definition) is 2. The zero-order valence-electron chi connectivity index (χ0n) is 10.6. The van der Waals surface area contributed by atoms with Crippen LogP contribution in [-0.4, -0.2) is 5.91 Å². The van der Waals surface area contributed by atoms with Crippen LogP contribution in [0.25, 0.3) is 0 Å². The van der Waals surface area contributed by atoms with E-state index in [-0.39, 0.29) is 18.1 Å². The van der Waals surface area contributed by atoms with Gasteiger partial charge >= 0.3 is 0 Å². The number of amides is 1. The van der Waals surface area contributed by atoms with Gasteiger partial charge in [-0.05, 0) is 42.3 Å². The monoisotopic (exact) mass is 258 g/mol. The molecule has 0 radical (unpaired) electrons. The lowest BCUT2D eigenvalue weighted by molar-refractivity contribution is -0.115. The number of hydrogen-bond acceptors (Lipinski definition) is 2. The fourth-order valence-electron chi connectivity index (χ4n) is 1.83. The van der Waals surface area contributed by atoms with Gasteiger partial charge in [0.1, 0.15) is 5.82 Å². The van der Waals surface area contributed by atoms with Crippen LogP contribution in [0.15, 0.2) is 42.5 Å². The van der Waals surface area contributed by atoms with Crippen molar-refractivity contribution in [1.29, 1.82) is 0 Å². The predicted octanol–water partition coefficient (Wildman–Crippen LogP) is 2.90. The topological polar surface area (TPSA) is 55.1 Å². The van der Waals surface area contributed by atoms with Crippen molar-refractivity contribution in [3.63, 3.8) is 0 Å². The number of rotatable bonds is 3. The third-order valence-corrected chi connectivity index (χ3v) is 2.87. The molecule has 19 heavy (non-hydrogen) atoms. The summed E-state index contributed by atoms with van der Waals surface area (Å²) in [7, 11) is 0. The number of nitrogens with two attached hydrogens (primary N) is 1. The number of aryl methyl sites for hydroxylation is 1. The molecule has 0 aliphatic rings. The average Bonchev–Trinajstić information content (AvgIpc) is 2.36. The van der Waals surface area contributed by atoms with E-state index in [1.807, 2.05) is 18.2 Å². The summed E-state index contributed by atoms with van der Waals surface area (Å²) in [4.78, 5) is 11.9. The van der Waals surface area contributed by atoms with Crippen molar-refractivity contribution in [2.45, 2.75) is 13.3 Å². The van der Waals surface area contributed by atoms with Gasteiger partial charge in [0.25, 0.3) is 0 Å². The van der Waals surface area contributed by atoms with E-state index >= 15 is 0 Å². The van der Waals surface area contributed by atoms with Crippen LogP contribution in [0.5, 0.6) is 0 Å². The second-order valence-corrected chi connectivity index (χ2v) is 4.38. The van der Waals surface area contributed by atoms with E-state index in [0.717, 1.165) is 5.56 Å². The highest BCUT2D eigenvalue weighted by Gasteiger charge is 2.08. The summed E-state index contributed by atoms with van der Waals surface area (Å²) in [6.07, 6.45) is 0.198. The van der Waals surface area contributed by atoms with Crippen molar-refractivity contribution in [2.24, 2.45) is 0 Å². The van der Waals surface area contributed by atoms with Gasteiger partial charge in [0.05, 0.1) is 6.42 Å². The summed E-state index contributed by atoms with van der Waals surface area (Å²) < 4.78 is 13.0. The van der Waals surface area contributed by atoms with Crippen LogP contribution in [0.2, 0.25) is 0 Å². The highest BCUT2D eigenvalue weighted by molar-refractivity contribution is 5.93. The van der Waals surface area contributed by atoms with Gasteiger partial charge < -0.3 is 11.1 Å². The van der Waals surface area contributed by atoms with Gasteiger partial charge in [-0.2, -0.15) is 0 Å². The van der Waals surface area contributed by atoms with Gasteiger partial charge in [0.15, 0.2) is 0 Å². The lowest BCUT2D eigenvalue weighted by Gasteiger charge is -2.09. The Morgan fingerprint density at radius 2 is 2.00 bits per heavy atom. The smallest absolute Gasteiger partial charge is 0.228 e. The molecule has 0 aromatic heterocycles. The Labute approximate surface area is 111 Å². The third-order valence-electron chi connectivity index (χ3n) is 2.87. The van der Waals surface area contributed by atoms with Crippen LogP contribution in [0.3, 0.4) is 0 Å². The minimum Gasteiger partial charge on any atom is -0.398 e. The quantitative estimate of drug-likeness (QED) is 0.832. The lowest BCUT2D eigenvalue weighted by atomic mass is 10.1. The average molecular weight is 258 g/mol. The fourth-order valence-corrected chi connectivity index (χ4v) is 1.83. The van der Waals surface area contributed by atoms with Gasteiger partial charge in [-0.25, -0.2) is 4.39 Å². The van der Waals surface area contributed by atoms with E-state index in [1.54, 1.807) is 19.1 Å². The number of anilines is 2. The van der Waals surface area contributed by atoms with Crippen LogP contribution in [0.4, 0.5) is 15.8 Å². The Morgan fingerprint density at radius 3 is 2.68 bits per heavy atom. The van der Waals surface area contributed by atoms with E-state index in [4.69, 9.17) is 5.73 Å². The summed E-state index contributed by atoms with van der Waals surface area (Å²) in [5.74, 6) is -0.490. The Morgan fingerprint density at radius 1 is 1.26 bits per heavy atom. The molecule has 0 bridgehead atoms. The summed E-state index contributed by atoms with van der Waals surface area (Å²) in [5.41, 5.74) is 8.45. The van der Waals surface area contributed by atoms with Crippen LogP contribution in [-0.2, 0) is 11.2 Å². The Bertz CT molecular complexity index is 611. The molecule has 0 saturated carbocycles. The zero-order valence-corrected chi connectivity index (χ0v) is 10.6. The maximum Gasteiger partial charge on any atom is 0.228 e. The molecule has 4 heteroatoms. The van der Waals surface area contributed by atoms with Crippen LogP contribution in [0.1, 0.15) is 11.1 Å². The molecule has 0 atom stereocenters. The second kappa shape index (κ2) is 5.52. The van der Waals surface area contributed by atoms with Crippen LogP contribution < -0.4 is 11.1 Å². The number of para-hydroxylation sites is 1. The van der Waals surface area contributed by atoms with Crippen LogP contribution >= 0.6 is 0 Å². The maximum atomic E-state index is 13.0. The number of nitrogen functional groups attached to an aromatic ring is 1. The molecule has 0 fully saturated rings. The molecule has 2 aromatic rings. The fraction of sp³-hybridized carbons (Fsp3) is 0.133. The summed E-state index contributed by atoms with van der Waals surface area (Å²) in [5, 5.41) is 2.75. The van der Waals surface area contributed by atoms with E-state index in [9.17, 15) is 9.18 Å². The molecule has 3 N–H and O–H groups in total. The number of carbonyl (C=O) groups is 1. The molecular weight excluding hydrogens is 243 g/mol. The number of halogens is 1. The Balaban J connectivity index is 2.08. The molecule has 0 aliphatic heterocycles. The van der Waals surface area contributed by atoms with Crippen molar-refractivity contribution < 1.29 is 9.18 Å². The summed E-state index contributed by atoms with van der Waals surface area (Å²) in [6, 6.07) is 11.5. The van der Waals surface area contributed by atoms with Gasteiger partial charge in [0, 0.05) is 11.4 Å². The number of nitrogens with one attached hydrogen (secondary N) is 1. The van der Waals surface area contributed by atoms with Crippen molar-refractivity contribution >= 4 is 17.3 Å². The first kappa shape index (κ1) is 13.1. The standard InChI is InChI=1S/C15H15FN2O/c1-10-8-12(16)6-7-14(10)18-15(19)9-11-4-2-3-5-13(11)17/h2-8H,9,17H2,1H3,(H,18,19). The molecule has 0 spiro atoms. The van der Waals surface area contributed by atoms with Gasteiger partial charge in [0.2, 0.25) is 5.91 Å². The highest BCUT2D eigenvalue weighted by Crippen LogP contribution is 2.17. The molecule has 0 heterocycles. The van der Waals surface area contributed by atoms with E-state index in [1.165, 1.54) is 12.1 Å². The van der Waals surface area contributed by atoms with Gasteiger partial charge in [-0.1, -0.05) is 18.2 Å². The van der Waals surface area contributed by atoms with E-state index in [0.29, 0.717) is 16.9 Å². The molecule has 98 valence electrons. The first-order chi connectivity index (χ1) is 9.06. The zero-order chi connectivity index (χ0) is 13.8. The largest absolute Gasteiger partial charge is 0.398 e. The summed E-state index contributed by atoms with van der Waals surface area (Å²) in [6.45, 7) is 1.75. The van der Waals surface area contributed by atoms with Crippen molar-refractivity contribution in [1.82, 2.24) is 0 Å². The first-order valence-electron chi connectivity index (χ1n) is 5.95. The van der Waals surface area contributed by atoms with Gasteiger partial charge in [-0.15, -0.1) is 0 Å². The lowest BCUT2D eigenvalue weighted by Crippen LogP contribution is -2.16. The molecular formula is C15H15FN2O. The van der Waals surface area contributed by atoms with Crippen molar-refractivity contribution in [3.8, 4) is 0 Å². The predicted molar refractivity (Wildman–Crippen MR) is 74.3 cm³/mol. The minimum atomic E-state index is -0.317. The molecule has 0 aliphatic carbocycles. The second-order valence-electron chi connectivity index (χ2n) is 4.38. The van der Waals surface area contributed by atoms with Crippen LogP contribution in [0, 0.1) is 12.7 Å². The van der Waals surface area contributed by atoms with E-state index < -0.39 is 0 Å². The molecule has 1 amide bonds. The Kier molecular flexibility index (Phi) is 3.80. The molecule has 3 nitrogen and oxygen atoms in total. The minimum absolute atomic E-state index is 0.174. The number of benzene rings is 2.